The fourth-order valence-corrected chi connectivity index (χ4v) is 3.83. The number of hydrogen-bond acceptors (Lipinski definition) is 6. The van der Waals surface area contributed by atoms with Crippen LogP contribution in [0.4, 0.5) is 5.82 Å². The van der Waals surface area contributed by atoms with Crippen LogP contribution < -0.4 is 11.1 Å². The molecule has 3 rings (SSSR count). The molecule has 7 nitrogen and oxygen atoms in total. The van der Waals surface area contributed by atoms with Crippen LogP contribution >= 0.6 is 11.6 Å². The van der Waals surface area contributed by atoms with Crippen molar-refractivity contribution in [2.24, 2.45) is 0 Å². The zero-order chi connectivity index (χ0) is 25.6. The van der Waals surface area contributed by atoms with E-state index in [2.05, 4.69) is 16.4 Å². The maximum atomic E-state index is 13.2. The lowest BCUT2D eigenvalue weighted by Gasteiger charge is -2.30. The zero-order valence-electron chi connectivity index (χ0n) is 19.8. The maximum Gasteiger partial charge on any atom is 0.342 e. The highest BCUT2D eigenvalue weighted by Gasteiger charge is 2.35. The van der Waals surface area contributed by atoms with Gasteiger partial charge in [0.15, 0.2) is 5.60 Å². The Morgan fingerprint density at radius 3 is 2.54 bits per heavy atom. The van der Waals surface area contributed by atoms with Gasteiger partial charge >= 0.3 is 5.97 Å². The minimum atomic E-state index is -1.47. The van der Waals surface area contributed by atoms with Gasteiger partial charge in [-0.2, -0.15) is 5.26 Å². The number of benzene rings is 2. The number of aromatic nitrogens is 1. The fourth-order valence-electron chi connectivity index (χ4n) is 3.70. The second-order valence-corrected chi connectivity index (χ2v) is 9.21. The number of nitriles is 1. The van der Waals surface area contributed by atoms with Crippen LogP contribution in [0.15, 0.2) is 66.9 Å². The number of anilines is 1. The summed E-state index contributed by atoms with van der Waals surface area (Å²) in [6.45, 7) is 4.92. The average molecular weight is 491 g/mol. The van der Waals surface area contributed by atoms with Crippen molar-refractivity contribution in [3.8, 4) is 6.07 Å². The number of nitrogens with two attached hydrogens (primary N) is 1. The maximum absolute atomic E-state index is 13.2. The van der Waals surface area contributed by atoms with Crippen molar-refractivity contribution in [2.75, 3.05) is 5.73 Å². The predicted molar refractivity (Wildman–Crippen MR) is 135 cm³/mol. The molecule has 2 unspecified atom stereocenters. The molecule has 0 aliphatic heterocycles. The first-order chi connectivity index (χ1) is 16.6. The van der Waals surface area contributed by atoms with E-state index in [-0.39, 0.29) is 23.3 Å². The second kappa shape index (κ2) is 11.0. The Morgan fingerprint density at radius 2 is 1.89 bits per heavy atom. The van der Waals surface area contributed by atoms with Crippen LogP contribution in [0.1, 0.15) is 53.7 Å². The third-order valence-electron chi connectivity index (χ3n) is 5.73. The summed E-state index contributed by atoms with van der Waals surface area (Å²) in [5, 5.41) is 13.0. The molecule has 1 aromatic heterocycles. The smallest absolute Gasteiger partial charge is 0.342 e. The Bertz CT molecular complexity index is 1250. The van der Waals surface area contributed by atoms with Gasteiger partial charge in [0, 0.05) is 23.2 Å². The molecule has 1 amide bonds. The van der Waals surface area contributed by atoms with Gasteiger partial charge in [0.2, 0.25) is 0 Å². The summed E-state index contributed by atoms with van der Waals surface area (Å²) < 4.78 is 5.49. The minimum absolute atomic E-state index is 0.0301. The van der Waals surface area contributed by atoms with Gasteiger partial charge in [0.1, 0.15) is 11.4 Å². The van der Waals surface area contributed by atoms with Crippen LogP contribution in [-0.2, 0) is 16.0 Å². The van der Waals surface area contributed by atoms with Crippen LogP contribution in [-0.4, -0.2) is 28.5 Å². The normalized spacial score (nSPS) is 12.8. The molecule has 0 saturated carbocycles. The van der Waals surface area contributed by atoms with Crippen LogP contribution in [0, 0.1) is 11.3 Å². The zero-order valence-corrected chi connectivity index (χ0v) is 20.5. The number of nitrogen functional groups attached to an aromatic ring is 1. The summed E-state index contributed by atoms with van der Waals surface area (Å²) in [5.41, 5.74) is 6.86. The molecule has 35 heavy (non-hydrogen) atoms. The number of hydrogen-bond donors (Lipinski definition) is 2. The van der Waals surface area contributed by atoms with Gasteiger partial charge < -0.3 is 15.8 Å². The van der Waals surface area contributed by atoms with Gasteiger partial charge in [-0.25, -0.2) is 9.78 Å². The molecule has 2 atom stereocenters. The van der Waals surface area contributed by atoms with Gasteiger partial charge in [-0.1, -0.05) is 35.9 Å². The monoisotopic (exact) mass is 490 g/mol. The molecule has 0 fully saturated rings. The van der Waals surface area contributed by atoms with E-state index in [1.54, 1.807) is 12.1 Å². The van der Waals surface area contributed by atoms with Crippen LogP contribution in [0.25, 0.3) is 0 Å². The number of halogens is 1. The van der Waals surface area contributed by atoms with Crippen molar-refractivity contribution in [1.29, 1.82) is 5.26 Å². The number of rotatable bonds is 8. The van der Waals surface area contributed by atoms with Crippen molar-refractivity contribution in [1.82, 2.24) is 10.3 Å². The molecular weight excluding hydrogens is 464 g/mol. The molecule has 0 bridgehead atoms. The van der Waals surface area contributed by atoms with E-state index in [0.717, 1.165) is 11.1 Å². The highest BCUT2D eigenvalue weighted by Crippen LogP contribution is 2.27. The number of pyridine rings is 1. The second-order valence-electron chi connectivity index (χ2n) is 8.77. The summed E-state index contributed by atoms with van der Waals surface area (Å²) in [5.74, 6) is -1.32. The van der Waals surface area contributed by atoms with E-state index < -0.39 is 17.5 Å². The van der Waals surface area contributed by atoms with E-state index in [4.69, 9.17) is 22.1 Å². The molecule has 3 aromatic rings. The SMILES string of the molecule is CC(NC(=O)C(C)(C)OC(=O)c1cccnc1N)C(Cc1ccc(Cl)cc1)c1cccc(C#N)c1. The molecular formula is C27H27ClN4O3. The Hall–Kier alpha value is -3.89. The summed E-state index contributed by atoms with van der Waals surface area (Å²) >= 11 is 6.04. The van der Waals surface area contributed by atoms with Crippen LogP contribution in [0.3, 0.4) is 0 Å². The number of amides is 1. The fraction of sp³-hybridized carbons (Fsp3) is 0.259. The third kappa shape index (κ3) is 6.58. The first kappa shape index (κ1) is 25.7. The first-order valence-electron chi connectivity index (χ1n) is 11.1. The number of ether oxygens (including phenoxy) is 1. The number of carbonyl (C=O) groups is 2. The van der Waals surface area contributed by atoms with E-state index in [9.17, 15) is 14.9 Å². The third-order valence-corrected chi connectivity index (χ3v) is 5.98. The molecule has 8 heteroatoms. The van der Waals surface area contributed by atoms with Gasteiger partial charge in [-0.3, -0.25) is 4.79 Å². The number of esters is 1. The molecule has 180 valence electrons. The van der Waals surface area contributed by atoms with Crippen molar-refractivity contribution < 1.29 is 14.3 Å². The largest absolute Gasteiger partial charge is 0.446 e. The average Bonchev–Trinajstić information content (AvgIpc) is 2.83. The predicted octanol–water partition coefficient (Wildman–Crippen LogP) is 4.66. The van der Waals surface area contributed by atoms with Crippen molar-refractivity contribution >= 4 is 29.3 Å². The lowest BCUT2D eigenvalue weighted by molar-refractivity contribution is -0.138. The number of nitrogens with one attached hydrogen (secondary N) is 1. The van der Waals surface area contributed by atoms with E-state index in [1.165, 1.54) is 26.1 Å². The van der Waals surface area contributed by atoms with Crippen molar-refractivity contribution in [3.63, 3.8) is 0 Å². The molecule has 2 aromatic carbocycles. The van der Waals surface area contributed by atoms with Gasteiger partial charge in [-0.15, -0.1) is 0 Å². The van der Waals surface area contributed by atoms with E-state index in [0.29, 0.717) is 17.0 Å². The standard InChI is InChI=1S/C27H27ClN4O3/c1-17(32-26(34)27(2,3)35-25(33)22-8-5-13-31-24(22)30)23(15-18-9-11-21(28)12-10-18)20-7-4-6-19(14-20)16-29/h4-14,17,23H,15H2,1-3H3,(H2,30,31)(H,32,34). The summed E-state index contributed by atoms with van der Waals surface area (Å²) in [4.78, 5) is 29.7. The minimum Gasteiger partial charge on any atom is -0.446 e. The van der Waals surface area contributed by atoms with Gasteiger partial charge in [-0.05, 0) is 74.7 Å². The lowest BCUT2D eigenvalue weighted by atomic mass is 9.85. The van der Waals surface area contributed by atoms with Gasteiger partial charge in [0.05, 0.1) is 11.6 Å². The summed E-state index contributed by atoms with van der Waals surface area (Å²) in [6.07, 6.45) is 2.06. The van der Waals surface area contributed by atoms with Crippen LogP contribution in [0.2, 0.25) is 5.02 Å². The summed E-state index contributed by atoms with van der Waals surface area (Å²) in [7, 11) is 0. The number of nitrogens with zero attached hydrogens (tertiary/aromatic N) is 2. The van der Waals surface area contributed by atoms with Crippen molar-refractivity contribution in [2.45, 2.75) is 44.8 Å². The highest BCUT2D eigenvalue weighted by atomic mass is 35.5. The molecule has 0 saturated heterocycles. The van der Waals surface area contributed by atoms with E-state index >= 15 is 0 Å². The summed E-state index contributed by atoms with van der Waals surface area (Å²) in [6, 6.07) is 19.7. The molecule has 0 radical (unpaired) electrons. The van der Waals surface area contributed by atoms with Crippen molar-refractivity contribution in [3.05, 3.63) is 94.1 Å². The Morgan fingerprint density at radius 1 is 1.17 bits per heavy atom. The topological polar surface area (TPSA) is 118 Å². The van der Waals surface area contributed by atoms with Crippen LogP contribution in [0.5, 0.6) is 0 Å². The lowest BCUT2D eigenvalue weighted by Crippen LogP contribution is -2.50. The first-order valence-corrected chi connectivity index (χ1v) is 11.5. The Kier molecular flexibility index (Phi) is 8.10. The molecule has 0 spiro atoms. The molecule has 0 aliphatic carbocycles. The number of carbonyl (C=O) groups excluding carboxylic acids is 2. The Labute approximate surface area is 209 Å². The molecule has 0 aliphatic rings. The molecule has 3 N–H and O–H groups in total. The highest BCUT2D eigenvalue weighted by molar-refractivity contribution is 6.30. The Balaban J connectivity index is 1.81. The van der Waals surface area contributed by atoms with Gasteiger partial charge in [0.25, 0.3) is 5.91 Å². The quantitative estimate of drug-likeness (QED) is 0.443. The van der Waals surface area contributed by atoms with E-state index in [1.807, 2.05) is 49.4 Å². The molecule has 1 heterocycles.